The van der Waals surface area contributed by atoms with Gasteiger partial charge in [0, 0.05) is 62.7 Å². The van der Waals surface area contributed by atoms with E-state index in [9.17, 15) is 13.6 Å². The number of amides is 1. The van der Waals surface area contributed by atoms with Gasteiger partial charge in [0.15, 0.2) is 5.82 Å². The lowest BCUT2D eigenvalue weighted by Crippen LogP contribution is -2.35. The molecule has 1 aliphatic carbocycles. The van der Waals surface area contributed by atoms with Crippen LogP contribution in [-0.4, -0.2) is 47.4 Å². The first-order chi connectivity index (χ1) is 15.4. The van der Waals surface area contributed by atoms with Gasteiger partial charge in [-0.2, -0.15) is 5.10 Å². The zero-order valence-electron chi connectivity index (χ0n) is 18.7. The number of nitrogens with zero attached hydrogens (tertiary/aromatic N) is 4. The number of alkyl halides is 2. The molecule has 1 amide bonds. The number of carbonyl (C=O) groups excluding carboxylic acids is 1. The summed E-state index contributed by atoms with van der Waals surface area (Å²) in [5, 5.41) is 4.99. The van der Waals surface area contributed by atoms with Gasteiger partial charge >= 0.3 is 0 Å². The third kappa shape index (κ3) is 3.89. The van der Waals surface area contributed by atoms with E-state index in [1.807, 2.05) is 29.0 Å². The molecular weight excluding hydrogens is 414 g/mol. The summed E-state index contributed by atoms with van der Waals surface area (Å²) < 4.78 is 35.3. The SMILES string of the molecule is CC(=O)N1CCc2c(c(N(C)c3ccc(C4CC4)c(C(F)F)c3)nn2C2CCOCC2)C1. The molecule has 0 spiro atoms. The van der Waals surface area contributed by atoms with Crippen LogP contribution in [0.25, 0.3) is 0 Å². The van der Waals surface area contributed by atoms with E-state index in [0.29, 0.717) is 32.0 Å². The Morgan fingerprint density at radius 2 is 1.97 bits per heavy atom. The number of hydrogen-bond acceptors (Lipinski definition) is 4. The molecule has 1 aromatic heterocycles. The van der Waals surface area contributed by atoms with E-state index >= 15 is 0 Å². The predicted molar refractivity (Wildman–Crippen MR) is 118 cm³/mol. The molecule has 5 rings (SSSR count). The zero-order valence-corrected chi connectivity index (χ0v) is 18.7. The van der Waals surface area contributed by atoms with Crippen molar-refractivity contribution in [2.75, 3.05) is 31.7 Å². The van der Waals surface area contributed by atoms with Crippen LogP contribution in [0.1, 0.15) is 73.4 Å². The van der Waals surface area contributed by atoms with E-state index < -0.39 is 6.43 Å². The number of anilines is 2. The Bertz CT molecular complexity index is 1010. The summed E-state index contributed by atoms with van der Waals surface area (Å²) in [5.74, 6) is 1.05. The van der Waals surface area contributed by atoms with Gasteiger partial charge in [-0.3, -0.25) is 9.48 Å². The third-order valence-electron chi connectivity index (χ3n) is 7.07. The highest BCUT2D eigenvalue weighted by molar-refractivity contribution is 5.74. The maximum absolute atomic E-state index is 13.8. The Kier molecular flexibility index (Phi) is 5.65. The van der Waals surface area contributed by atoms with Crippen molar-refractivity contribution in [2.45, 2.75) is 64.0 Å². The Balaban J connectivity index is 1.54. The van der Waals surface area contributed by atoms with Crippen LogP contribution in [-0.2, 0) is 22.5 Å². The molecule has 0 radical (unpaired) electrons. The molecule has 1 saturated heterocycles. The molecule has 0 bridgehead atoms. The van der Waals surface area contributed by atoms with Gasteiger partial charge in [-0.15, -0.1) is 0 Å². The number of halogens is 2. The highest BCUT2D eigenvalue weighted by Crippen LogP contribution is 2.45. The molecular formula is C24H30F2N4O2. The van der Waals surface area contributed by atoms with Gasteiger partial charge in [0.2, 0.25) is 5.91 Å². The molecule has 3 heterocycles. The summed E-state index contributed by atoms with van der Waals surface area (Å²) in [4.78, 5) is 15.8. The smallest absolute Gasteiger partial charge is 0.264 e. The fraction of sp³-hybridized carbons (Fsp3) is 0.583. The Morgan fingerprint density at radius 3 is 2.62 bits per heavy atom. The van der Waals surface area contributed by atoms with E-state index in [1.54, 1.807) is 13.0 Å². The standard InChI is InChI=1S/C24H30F2N4O2/c1-15(31)29-10-7-22-21(14-29)24(27-30(22)17-8-11-32-12-9-17)28(2)18-5-6-19(16-3-4-16)20(13-18)23(25)26/h5-6,13,16-17,23H,3-4,7-12,14H2,1-2H3. The molecule has 2 aromatic rings. The lowest BCUT2D eigenvalue weighted by Gasteiger charge is -2.29. The van der Waals surface area contributed by atoms with E-state index in [4.69, 9.17) is 9.84 Å². The quantitative estimate of drug-likeness (QED) is 0.670. The van der Waals surface area contributed by atoms with Gasteiger partial charge in [0.05, 0.1) is 12.6 Å². The van der Waals surface area contributed by atoms with E-state index in [2.05, 4.69) is 4.68 Å². The molecule has 1 saturated carbocycles. The minimum Gasteiger partial charge on any atom is -0.381 e. The first-order valence-corrected chi connectivity index (χ1v) is 11.5. The monoisotopic (exact) mass is 444 g/mol. The Morgan fingerprint density at radius 1 is 1.22 bits per heavy atom. The Hall–Kier alpha value is -2.48. The number of hydrogen-bond donors (Lipinski definition) is 0. The lowest BCUT2D eigenvalue weighted by atomic mass is 10.0. The molecule has 0 atom stereocenters. The van der Waals surface area contributed by atoms with Gasteiger partial charge in [0.1, 0.15) is 0 Å². The highest BCUT2D eigenvalue weighted by Gasteiger charge is 2.32. The van der Waals surface area contributed by atoms with Crippen molar-refractivity contribution >= 4 is 17.4 Å². The van der Waals surface area contributed by atoms with Crippen LogP contribution in [0, 0.1) is 0 Å². The van der Waals surface area contributed by atoms with Gasteiger partial charge < -0.3 is 14.5 Å². The van der Waals surface area contributed by atoms with Crippen LogP contribution < -0.4 is 4.90 Å². The molecule has 3 aliphatic rings. The normalized spacial score (nSPS) is 19.3. The Labute approximate surface area is 187 Å². The summed E-state index contributed by atoms with van der Waals surface area (Å²) in [7, 11) is 1.88. The van der Waals surface area contributed by atoms with E-state index in [1.165, 1.54) is 0 Å². The topological polar surface area (TPSA) is 50.6 Å². The lowest BCUT2D eigenvalue weighted by molar-refractivity contribution is -0.129. The van der Waals surface area contributed by atoms with Crippen LogP contribution >= 0.6 is 0 Å². The highest BCUT2D eigenvalue weighted by atomic mass is 19.3. The number of aromatic nitrogens is 2. The van der Waals surface area contributed by atoms with Crippen LogP contribution in [0.4, 0.5) is 20.3 Å². The maximum Gasteiger partial charge on any atom is 0.264 e. The molecule has 8 heteroatoms. The number of carbonyl (C=O) groups is 1. The van der Waals surface area contributed by atoms with Gasteiger partial charge in [0.25, 0.3) is 6.43 Å². The minimum atomic E-state index is -2.50. The molecule has 0 N–H and O–H groups in total. The average Bonchev–Trinajstić information content (AvgIpc) is 3.58. The van der Waals surface area contributed by atoms with Crippen LogP contribution in [0.15, 0.2) is 18.2 Å². The van der Waals surface area contributed by atoms with Crippen molar-refractivity contribution in [2.24, 2.45) is 0 Å². The molecule has 6 nitrogen and oxygen atoms in total. The summed E-state index contributed by atoms with van der Waals surface area (Å²) in [6.07, 6.45) is 2.02. The molecule has 1 aromatic carbocycles. The maximum atomic E-state index is 13.8. The third-order valence-corrected chi connectivity index (χ3v) is 7.07. The first-order valence-electron chi connectivity index (χ1n) is 11.5. The predicted octanol–water partition coefficient (Wildman–Crippen LogP) is 4.72. The van der Waals surface area contributed by atoms with E-state index in [-0.39, 0.29) is 23.4 Å². The minimum absolute atomic E-state index is 0.0387. The summed E-state index contributed by atoms with van der Waals surface area (Å²) in [5.41, 5.74) is 3.77. The summed E-state index contributed by atoms with van der Waals surface area (Å²) in [6, 6.07) is 5.65. The summed E-state index contributed by atoms with van der Waals surface area (Å²) >= 11 is 0. The second kappa shape index (κ2) is 8.46. The fourth-order valence-corrected chi connectivity index (χ4v) is 5.05. The first kappa shape index (κ1) is 21.4. The zero-order chi connectivity index (χ0) is 22.4. The van der Waals surface area contributed by atoms with Crippen molar-refractivity contribution in [1.29, 1.82) is 0 Å². The number of benzene rings is 1. The largest absolute Gasteiger partial charge is 0.381 e. The van der Waals surface area contributed by atoms with E-state index in [0.717, 1.165) is 54.7 Å². The van der Waals surface area contributed by atoms with Crippen LogP contribution in [0.2, 0.25) is 0 Å². The molecule has 2 aliphatic heterocycles. The van der Waals surface area contributed by atoms with Crippen molar-refractivity contribution < 1.29 is 18.3 Å². The van der Waals surface area contributed by atoms with Crippen molar-refractivity contribution in [3.05, 3.63) is 40.6 Å². The number of rotatable bonds is 5. The summed E-state index contributed by atoms with van der Waals surface area (Å²) in [6.45, 7) is 4.18. The van der Waals surface area contributed by atoms with Gasteiger partial charge in [-0.05, 0) is 49.3 Å². The second-order valence-electron chi connectivity index (χ2n) is 9.17. The van der Waals surface area contributed by atoms with Crippen molar-refractivity contribution in [3.8, 4) is 0 Å². The fourth-order valence-electron chi connectivity index (χ4n) is 5.05. The average molecular weight is 445 g/mol. The molecule has 172 valence electrons. The molecule has 0 unspecified atom stereocenters. The van der Waals surface area contributed by atoms with Crippen molar-refractivity contribution in [1.82, 2.24) is 14.7 Å². The van der Waals surface area contributed by atoms with Gasteiger partial charge in [-0.1, -0.05) is 6.07 Å². The second-order valence-corrected chi connectivity index (χ2v) is 9.17. The number of ether oxygens (including phenoxy) is 1. The number of fused-ring (bicyclic) bond motifs is 1. The molecule has 2 fully saturated rings. The molecule has 32 heavy (non-hydrogen) atoms. The van der Waals surface area contributed by atoms with Crippen LogP contribution in [0.5, 0.6) is 0 Å². The van der Waals surface area contributed by atoms with Crippen molar-refractivity contribution in [3.63, 3.8) is 0 Å². The van der Waals surface area contributed by atoms with Gasteiger partial charge in [-0.25, -0.2) is 8.78 Å². The van der Waals surface area contributed by atoms with Crippen LogP contribution in [0.3, 0.4) is 0 Å².